The zero-order chi connectivity index (χ0) is 27.2. The first-order valence-electron chi connectivity index (χ1n) is 14.2. The van der Waals surface area contributed by atoms with Crippen LogP contribution in [-0.4, -0.2) is 83.3 Å². The highest BCUT2D eigenvalue weighted by molar-refractivity contribution is 5.93. The first-order valence-corrected chi connectivity index (χ1v) is 14.2. The van der Waals surface area contributed by atoms with Crippen molar-refractivity contribution in [3.8, 4) is 0 Å². The van der Waals surface area contributed by atoms with Crippen LogP contribution in [-0.2, 0) is 14.4 Å². The monoisotopic (exact) mass is 504 g/mol. The molecule has 0 aromatic rings. The van der Waals surface area contributed by atoms with Crippen molar-refractivity contribution in [2.75, 3.05) is 26.7 Å². The van der Waals surface area contributed by atoms with E-state index in [4.69, 9.17) is 0 Å². The Labute approximate surface area is 220 Å². The van der Waals surface area contributed by atoms with Gasteiger partial charge in [0.15, 0.2) is 0 Å². The average Bonchev–Trinajstić information content (AvgIpc) is 2.84. The molecule has 3 amide bonds. The van der Waals surface area contributed by atoms with Crippen molar-refractivity contribution in [2.24, 2.45) is 17.8 Å². The maximum absolute atomic E-state index is 13.7. The summed E-state index contributed by atoms with van der Waals surface area (Å²) in [6.07, 6.45) is 6.99. The minimum atomic E-state index is -0.604. The summed E-state index contributed by atoms with van der Waals surface area (Å²) in [6, 6.07) is -0.736. The standard InChI is InChI=1S/C29H52N4O3/c1-19(2)25(18-23(8)28(35)32-16-13-22(7)14-17-32)31(9)29(36)26(20(3)4)30-27(34)24-12-10-11-15-33(24)21(5)6/h18-22,24-26H,10-17H2,1-9H3,(H,30,34)/t24-,25?,26+/m1/s1. The fourth-order valence-corrected chi connectivity index (χ4v) is 5.52. The maximum atomic E-state index is 13.7. The van der Waals surface area contributed by atoms with Crippen LogP contribution in [0.1, 0.15) is 87.5 Å². The van der Waals surface area contributed by atoms with Crippen molar-refractivity contribution in [3.63, 3.8) is 0 Å². The topological polar surface area (TPSA) is 73.0 Å². The lowest BCUT2D eigenvalue weighted by molar-refractivity contribution is -0.140. The molecule has 0 saturated carbocycles. The van der Waals surface area contributed by atoms with Gasteiger partial charge in [-0.05, 0) is 70.8 Å². The molecule has 1 unspecified atom stereocenters. The largest absolute Gasteiger partial charge is 0.343 e. The van der Waals surface area contributed by atoms with Crippen molar-refractivity contribution in [1.29, 1.82) is 0 Å². The van der Waals surface area contributed by atoms with E-state index < -0.39 is 6.04 Å². The van der Waals surface area contributed by atoms with Crippen LogP contribution in [0.4, 0.5) is 0 Å². The molecule has 0 aromatic carbocycles. The highest BCUT2D eigenvalue weighted by Crippen LogP contribution is 2.22. The number of carbonyl (C=O) groups excluding carboxylic acids is 3. The van der Waals surface area contributed by atoms with Gasteiger partial charge in [-0.3, -0.25) is 19.3 Å². The molecule has 36 heavy (non-hydrogen) atoms. The molecule has 1 N–H and O–H groups in total. The van der Waals surface area contributed by atoms with Crippen LogP contribution in [0.25, 0.3) is 0 Å². The Morgan fingerprint density at radius 2 is 1.53 bits per heavy atom. The van der Waals surface area contributed by atoms with Crippen molar-refractivity contribution in [1.82, 2.24) is 20.0 Å². The van der Waals surface area contributed by atoms with Crippen molar-refractivity contribution < 1.29 is 14.4 Å². The molecule has 2 fully saturated rings. The van der Waals surface area contributed by atoms with E-state index in [1.165, 1.54) is 0 Å². The van der Waals surface area contributed by atoms with Crippen molar-refractivity contribution >= 4 is 17.7 Å². The zero-order valence-electron chi connectivity index (χ0n) is 24.3. The first-order chi connectivity index (χ1) is 16.8. The summed E-state index contributed by atoms with van der Waals surface area (Å²) >= 11 is 0. The molecule has 0 bridgehead atoms. The maximum Gasteiger partial charge on any atom is 0.249 e. The SMILES string of the molecule is CC(=CC(C(C)C)N(C)C(=O)[C@@H](NC(=O)[C@H]1CCCCN1C(C)C)C(C)C)C(=O)N1CCC(C)CC1. The van der Waals surface area contributed by atoms with Gasteiger partial charge < -0.3 is 15.1 Å². The van der Waals surface area contributed by atoms with Crippen LogP contribution < -0.4 is 5.32 Å². The van der Waals surface area contributed by atoms with Crippen molar-refractivity contribution in [2.45, 2.75) is 112 Å². The van der Waals surface area contributed by atoms with E-state index in [0.717, 1.165) is 51.7 Å². The van der Waals surface area contributed by atoms with Gasteiger partial charge in [-0.25, -0.2) is 0 Å². The summed E-state index contributed by atoms with van der Waals surface area (Å²) < 4.78 is 0. The van der Waals surface area contributed by atoms with Gasteiger partial charge in [0.1, 0.15) is 6.04 Å². The van der Waals surface area contributed by atoms with E-state index in [1.54, 1.807) is 11.9 Å². The molecule has 2 aliphatic rings. The Morgan fingerprint density at radius 1 is 0.917 bits per heavy atom. The van der Waals surface area contributed by atoms with Gasteiger partial charge in [0.2, 0.25) is 17.7 Å². The molecule has 0 aromatic heterocycles. The van der Waals surface area contributed by atoms with Gasteiger partial charge >= 0.3 is 0 Å². The fraction of sp³-hybridized carbons (Fsp3) is 0.828. The molecule has 3 atom stereocenters. The van der Waals surface area contributed by atoms with E-state index in [1.807, 2.05) is 31.7 Å². The summed E-state index contributed by atoms with van der Waals surface area (Å²) in [6.45, 7) is 18.9. The van der Waals surface area contributed by atoms with Gasteiger partial charge in [0, 0.05) is 31.8 Å². The lowest BCUT2D eigenvalue weighted by Gasteiger charge is -2.39. The number of likely N-dealkylation sites (N-methyl/N-ethyl adjacent to an activating group) is 1. The fourth-order valence-electron chi connectivity index (χ4n) is 5.52. The van der Waals surface area contributed by atoms with E-state index in [9.17, 15) is 14.4 Å². The summed E-state index contributed by atoms with van der Waals surface area (Å²) in [5, 5.41) is 3.11. The van der Waals surface area contributed by atoms with Gasteiger partial charge in [-0.2, -0.15) is 0 Å². The molecule has 0 aliphatic carbocycles. The van der Waals surface area contributed by atoms with Crippen LogP contribution in [0, 0.1) is 17.8 Å². The Morgan fingerprint density at radius 3 is 2.06 bits per heavy atom. The number of nitrogens with one attached hydrogen (secondary N) is 1. The van der Waals surface area contributed by atoms with E-state index in [0.29, 0.717) is 11.5 Å². The molecule has 2 rings (SSSR count). The third kappa shape index (κ3) is 7.80. The Hall–Kier alpha value is -1.89. The third-order valence-corrected chi connectivity index (χ3v) is 8.05. The highest BCUT2D eigenvalue weighted by atomic mass is 16.2. The minimum absolute atomic E-state index is 0.0464. The first kappa shape index (κ1) is 30.3. The predicted octanol–water partition coefficient (Wildman–Crippen LogP) is 4.08. The number of nitrogens with zero attached hydrogens (tertiary/aromatic N) is 3. The number of likely N-dealkylation sites (tertiary alicyclic amines) is 2. The number of hydrogen-bond acceptors (Lipinski definition) is 4. The summed E-state index contributed by atoms with van der Waals surface area (Å²) in [5.74, 6) is 0.651. The molecule has 2 heterocycles. The van der Waals surface area contributed by atoms with Crippen LogP contribution in [0.2, 0.25) is 0 Å². The second kappa shape index (κ2) is 13.6. The van der Waals surface area contributed by atoms with Crippen LogP contribution in [0.5, 0.6) is 0 Å². The highest BCUT2D eigenvalue weighted by Gasteiger charge is 2.36. The number of carbonyl (C=O) groups is 3. The molecular formula is C29H52N4O3. The van der Waals surface area contributed by atoms with Gasteiger partial charge in [0.25, 0.3) is 0 Å². The van der Waals surface area contributed by atoms with Gasteiger partial charge in [0.05, 0.1) is 12.1 Å². The quantitative estimate of drug-likeness (QED) is 0.480. The lowest BCUT2D eigenvalue weighted by Crippen LogP contribution is -2.58. The van der Waals surface area contributed by atoms with Crippen molar-refractivity contribution in [3.05, 3.63) is 11.6 Å². The Balaban J connectivity index is 2.16. The summed E-state index contributed by atoms with van der Waals surface area (Å²) in [4.78, 5) is 46.1. The molecule has 7 nitrogen and oxygen atoms in total. The Bertz CT molecular complexity index is 783. The van der Waals surface area contributed by atoms with Crippen LogP contribution in [0.15, 0.2) is 11.6 Å². The van der Waals surface area contributed by atoms with Gasteiger partial charge in [-0.1, -0.05) is 47.1 Å². The van der Waals surface area contributed by atoms with Crippen LogP contribution >= 0.6 is 0 Å². The minimum Gasteiger partial charge on any atom is -0.343 e. The second-order valence-electron chi connectivity index (χ2n) is 12.1. The number of rotatable bonds is 9. The summed E-state index contributed by atoms with van der Waals surface area (Å²) in [7, 11) is 1.80. The lowest BCUT2D eigenvalue weighted by atomic mass is 9.95. The number of hydrogen-bond donors (Lipinski definition) is 1. The summed E-state index contributed by atoms with van der Waals surface area (Å²) in [5.41, 5.74) is 0.683. The number of piperidine rings is 2. The molecule has 2 saturated heterocycles. The second-order valence-corrected chi connectivity index (χ2v) is 12.1. The third-order valence-electron chi connectivity index (χ3n) is 8.05. The van der Waals surface area contributed by atoms with E-state index in [-0.39, 0.29) is 47.7 Å². The molecule has 0 radical (unpaired) electrons. The molecule has 2 aliphatic heterocycles. The molecule has 7 heteroatoms. The number of amides is 3. The molecule has 0 spiro atoms. The smallest absolute Gasteiger partial charge is 0.249 e. The van der Waals surface area contributed by atoms with E-state index in [2.05, 4.69) is 44.8 Å². The van der Waals surface area contributed by atoms with Crippen LogP contribution in [0.3, 0.4) is 0 Å². The van der Waals surface area contributed by atoms with Gasteiger partial charge in [-0.15, -0.1) is 0 Å². The normalized spacial score (nSPS) is 22.2. The predicted molar refractivity (Wildman–Crippen MR) is 146 cm³/mol. The molecular weight excluding hydrogens is 452 g/mol. The Kier molecular flexibility index (Phi) is 11.5. The van der Waals surface area contributed by atoms with E-state index >= 15 is 0 Å². The average molecular weight is 505 g/mol. The zero-order valence-corrected chi connectivity index (χ0v) is 24.3. The molecule has 206 valence electrons.